The van der Waals surface area contributed by atoms with Crippen LogP contribution < -0.4 is 5.32 Å². The van der Waals surface area contributed by atoms with E-state index >= 15 is 0 Å². The molecule has 2 amide bonds. The number of nitrogens with one attached hydrogen (secondary N) is 1. The van der Waals surface area contributed by atoms with Crippen molar-refractivity contribution in [1.29, 1.82) is 5.26 Å². The number of carbonyl (C=O) groups is 2. The highest BCUT2D eigenvalue weighted by molar-refractivity contribution is 6.02. The van der Waals surface area contributed by atoms with Gasteiger partial charge in [0.1, 0.15) is 0 Å². The molecule has 1 heterocycles. The number of benzene rings is 1. The standard InChI is InChI=1S/C17H19N3O2/c1-11(12-3-4-12)20(8-2-7-18)17(22)14-6-5-13-10-16(21)19-15(13)9-14/h5-6,9,11-12H,2-4,8,10H2,1H3,(H,19,21). The lowest BCUT2D eigenvalue weighted by atomic mass is 10.1. The SMILES string of the molecule is CC(C1CC1)N(CCC#N)C(=O)c1ccc2c(c1)NC(=O)C2. The van der Waals surface area contributed by atoms with Crippen molar-refractivity contribution in [3.05, 3.63) is 29.3 Å². The molecule has 2 aliphatic rings. The van der Waals surface area contributed by atoms with Crippen LogP contribution in [-0.4, -0.2) is 29.3 Å². The van der Waals surface area contributed by atoms with Crippen molar-refractivity contribution in [1.82, 2.24) is 4.90 Å². The summed E-state index contributed by atoms with van der Waals surface area (Å²) in [5, 5.41) is 11.6. The van der Waals surface area contributed by atoms with E-state index in [-0.39, 0.29) is 17.9 Å². The number of amides is 2. The molecular formula is C17H19N3O2. The predicted molar refractivity (Wildman–Crippen MR) is 82.2 cm³/mol. The van der Waals surface area contributed by atoms with E-state index in [2.05, 4.69) is 18.3 Å². The van der Waals surface area contributed by atoms with Crippen molar-refractivity contribution < 1.29 is 9.59 Å². The Hall–Kier alpha value is -2.35. The number of nitriles is 1. The lowest BCUT2D eigenvalue weighted by Gasteiger charge is -2.29. The quantitative estimate of drug-likeness (QED) is 0.906. The first kappa shape index (κ1) is 14.6. The van der Waals surface area contributed by atoms with E-state index in [1.807, 2.05) is 6.07 Å². The molecule has 1 aliphatic heterocycles. The summed E-state index contributed by atoms with van der Waals surface area (Å²) in [7, 11) is 0. The van der Waals surface area contributed by atoms with Crippen molar-refractivity contribution in [2.45, 2.75) is 38.6 Å². The molecule has 114 valence electrons. The van der Waals surface area contributed by atoms with Crippen LogP contribution in [0.25, 0.3) is 0 Å². The number of fused-ring (bicyclic) bond motifs is 1. The Morgan fingerprint density at radius 2 is 2.27 bits per heavy atom. The minimum atomic E-state index is -0.0569. The molecule has 1 N–H and O–H groups in total. The second-order valence-electron chi connectivity index (χ2n) is 6.08. The van der Waals surface area contributed by atoms with Gasteiger partial charge in [-0.15, -0.1) is 0 Å². The average molecular weight is 297 g/mol. The Kier molecular flexibility index (Phi) is 3.84. The molecule has 0 aromatic heterocycles. The van der Waals surface area contributed by atoms with Crippen molar-refractivity contribution in [2.75, 3.05) is 11.9 Å². The molecule has 0 radical (unpaired) electrons. The van der Waals surface area contributed by atoms with Gasteiger partial charge in [0.05, 0.1) is 18.9 Å². The van der Waals surface area contributed by atoms with E-state index in [9.17, 15) is 9.59 Å². The Bertz CT molecular complexity index is 658. The Labute approximate surface area is 129 Å². The summed E-state index contributed by atoms with van der Waals surface area (Å²) in [6.45, 7) is 2.51. The summed E-state index contributed by atoms with van der Waals surface area (Å²) < 4.78 is 0. The van der Waals surface area contributed by atoms with E-state index in [1.165, 1.54) is 0 Å². The van der Waals surface area contributed by atoms with Gasteiger partial charge in [0.25, 0.3) is 5.91 Å². The van der Waals surface area contributed by atoms with Gasteiger partial charge >= 0.3 is 0 Å². The first-order valence-corrected chi connectivity index (χ1v) is 7.71. The highest BCUT2D eigenvalue weighted by Crippen LogP contribution is 2.36. The summed E-state index contributed by atoms with van der Waals surface area (Å²) in [4.78, 5) is 26.0. The highest BCUT2D eigenvalue weighted by Gasteiger charge is 2.34. The zero-order chi connectivity index (χ0) is 15.7. The van der Waals surface area contributed by atoms with Crippen LogP contribution >= 0.6 is 0 Å². The van der Waals surface area contributed by atoms with Crippen LogP contribution in [0.3, 0.4) is 0 Å². The number of nitrogens with zero attached hydrogens (tertiary/aromatic N) is 2. The number of hydrogen-bond donors (Lipinski definition) is 1. The van der Waals surface area contributed by atoms with Crippen LogP contribution in [0, 0.1) is 17.2 Å². The number of hydrogen-bond acceptors (Lipinski definition) is 3. The second-order valence-corrected chi connectivity index (χ2v) is 6.08. The van der Waals surface area contributed by atoms with Crippen LogP contribution in [0.4, 0.5) is 5.69 Å². The molecule has 1 aromatic rings. The van der Waals surface area contributed by atoms with Crippen molar-refractivity contribution in [3.8, 4) is 6.07 Å². The zero-order valence-electron chi connectivity index (χ0n) is 12.6. The van der Waals surface area contributed by atoms with Crippen LogP contribution in [-0.2, 0) is 11.2 Å². The average Bonchev–Trinajstić information content (AvgIpc) is 3.28. The summed E-state index contributed by atoms with van der Waals surface area (Å²) in [5.74, 6) is 0.461. The zero-order valence-corrected chi connectivity index (χ0v) is 12.6. The minimum absolute atomic E-state index is 0.0349. The fraction of sp³-hybridized carbons (Fsp3) is 0.471. The molecule has 0 spiro atoms. The van der Waals surface area contributed by atoms with Gasteiger partial charge in [-0.1, -0.05) is 6.07 Å². The van der Waals surface area contributed by atoms with Crippen molar-refractivity contribution in [3.63, 3.8) is 0 Å². The monoisotopic (exact) mass is 297 g/mol. The molecular weight excluding hydrogens is 278 g/mol. The highest BCUT2D eigenvalue weighted by atomic mass is 16.2. The third-order valence-corrected chi connectivity index (χ3v) is 4.50. The van der Waals surface area contributed by atoms with Gasteiger partial charge in [-0.3, -0.25) is 9.59 Å². The van der Waals surface area contributed by atoms with E-state index in [0.717, 1.165) is 24.1 Å². The summed E-state index contributed by atoms with van der Waals surface area (Å²) in [6, 6.07) is 7.64. The van der Waals surface area contributed by atoms with Crippen LogP contribution in [0.1, 0.15) is 42.1 Å². The molecule has 0 saturated heterocycles. The van der Waals surface area contributed by atoms with E-state index in [0.29, 0.717) is 30.9 Å². The fourth-order valence-corrected chi connectivity index (χ4v) is 3.01. The van der Waals surface area contributed by atoms with Gasteiger partial charge < -0.3 is 10.2 Å². The third kappa shape index (κ3) is 2.82. The topological polar surface area (TPSA) is 73.2 Å². The molecule has 22 heavy (non-hydrogen) atoms. The molecule has 1 unspecified atom stereocenters. The maximum atomic E-state index is 12.8. The summed E-state index contributed by atoms with van der Waals surface area (Å²) in [5.41, 5.74) is 2.24. The first-order valence-electron chi connectivity index (χ1n) is 7.71. The smallest absolute Gasteiger partial charge is 0.254 e. The minimum Gasteiger partial charge on any atom is -0.335 e. The Balaban J connectivity index is 1.82. The van der Waals surface area contributed by atoms with Gasteiger partial charge in [-0.25, -0.2) is 0 Å². The molecule has 1 aliphatic carbocycles. The van der Waals surface area contributed by atoms with E-state index in [4.69, 9.17) is 5.26 Å². The van der Waals surface area contributed by atoms with Gasteiger partial charge in [0.2, 0.25) is 5.91 Å². The summed E-state index contributed by atoms with van der Waals surface area (Å²) >= 11 is 0. The van der Waals surface area contributed by atoms with Crippen LogP contribution in [0.15, 0.2) is 18.2 Å². The van der Waals surface area contributed by atoms with Gasteiger partial charge in [-0.2, -0.15) is 5.26 Å². The maximum absolute atomic E-state index is 12.8. The molecule has 1 saturated carbocycles. The molecule has 5 nitrogen and oxygen atoms in total. The molecule has 5 heteroatoms. The molecule has 3 rings (SSSR count). The largest absolute Gasteiger partial charge is 0.335 e. The lowest BCUT2D eigenvalue weighted by molar-refractivity contribution is -0.115. The lowest BCUT2D eigenvalue weighted by Crippen LogP contribution is -2.40. The van der Waals surface area contributed by atoms with Crippen molar-refractivity contribution >= 4 is 17.5 Å². The first-order chi connectivity index (χ1) is 10.6. The van der Waals surface area contributed by atoms with Gasteiger partial charge in [0, 0.05) is 23.8 Å². The normalized spacial score (nSPS) is 17.4. The third-order valence-electron chi connectivity index (χ3n) is 4.50. The van der Waals surface area contributed by atoms with Gasteiger partial charge in [0.15, 0.2) is 0 Å². The molecule has 0 bridgehead atoms. The number of anilines is 1. The van der Waals surface area contributed by atoms with Crippen LogP contribution in [0.5, 0.6) is 0 Å². The van der Waals surface area contributed by atoms with Crippen LogP contribution in [0.2, 0.25) is 0 Å². The molecule has 1 atom stereocenters. The fourth-order valence-electron chi connectivity index (χ4n) is 3.01. The predicted octanol–water partition coefficient (Wildman–Crippen LogP) is 2.34. The second kappa shape index (κ2) is 5.80. The summed E-state index contributed by atoms with van der Waals surface area (Å²) in [6.07, 6.45) is 3.01. The van der Waals surface area contributed by atoms with E-state index in [1.54, 1.807) is 17.0 Å². The number of carbonyl (C=O) groups excluding carboxylic acids is 2. The van der Waals surface area contributed by atoms with Gasteiger partial charge in [-0.05, 0) is 43.4 Å². The number of rotatable bonds is 5. The Morgan fingerprint density at radius 1 is 1.50 bits per heavy atom. The molecule has 1 fully saturated rings. The maximum Gasteiger partial charge on any atom is 0.254 e. The Morgan fingerprint density at radius 3 is 2.95 bits per heavy atom. The van der Waals surface area contributed by atoms with E-state index < -0.39 is 0 Å². The molecule has 1 aromatic carbocycles. The van der Waals surface area contributed by atoms with Crippen molar-refractivity contribution in [2.24, 2.45) is 5.92 Å².